The smallest absolute Gasteiger partial charge is 0.257 e. The lowest BCUT2D eigenvalue weighted by Gasteiger charge is -2.21. The Morgan fingerprint density at radius 2 is 2.17 bits per heavy atom. The van der Waals surface area contributed by atoms with Gasteiger partial charge in [-0.15, -0.1) is 5.10 Å². The summed E-state index contributed by atoms with van der Waals surface area (Å²) >= 11 is 0. The summed E-state index contributed by atoms with van der Waals surface area (Å²) < 4.78 is 7.09. The van der Waals surface area contributed by atoms with Crippen LogP contribution in [0.15, 0.2) is 30.6 Å². The van der Waals surface area contributed by atoms with Gasteiger partial charge in [-0.05, 0) is 41.3 Å². The van der Waals surface area contributed by atoms with Crippen molar-refractivity contribution in [1.29, 1.82) is 0 Å². The van der Waals surface area contributed by atoms with E-state index in [1.807, 2.05) is 18.2 Å². The van der Waals surface area contributed by atoms with E-state index in [0.29, 0.717) is 11.7 Å². The number of nitrogens with one attached hydrogen (secondary N) is 1. The number of nitrogens with zero attached hydrogens (tertiary/aromatic N) is 4. The molecule has 1 N–H and O–H groups in total. The second kappa shape index (κ2) is 7.71. The van der Waals surface area contributed by atoms with Gasteiger partial charge in [0.25, 0.3) is 5.91 Å². The minimum Gasteiger partial charge on any atom is -0.484 e. The van der Waals surface area contributed by atoms with Gasteiger partial charge in [0.15, 0.2) is 6.61 Å². The van der Waals surface area contributed by atoms with Crippen LogP contribution in [-0.4, -0.2) is 39.3 Å². The Bertz CT molecular complexity index is 623. The molecule has 0 aliphatic heterocycles. The topological polar surface area (TPSA) is 81.9 Å². The molecule has 0 spiro atoms. The third kappa shape index (κ3) is 4.51. The maximum Gasteiger partial charge on any atom is 0.257 e. The van der Waals surface area contributed by atoms with Crippen LogP contribution in [-0.2, 0) is 4.79 Å². The molecule has 1 aliphatic rings. The summed E-state index contributed by atoms with van der Waals surface area (Å²) in [5, 5.41) is 14.0. The molecule has 1 aliphatic carbocycles. The highest BCUT2D eigenvalue weighted by molar-refractivity contribution is 5.77. The van der Waals surface area contributed by atoms with Gasteiger partial charge >= 0.3 is 0 Å². The molecule has 2 aromatic rings. The molecule has 1 aromatic heterocycles. The molecular formula is C16H21N5O2. The molecule has 1 amide bonds. The van der Waals surface area contributed by atoms with Crippen molar-refractivity contribution < 1.29 is 9.53 Å². The molecule has 3 rings (SSSR count). The predicted octanol–water partition coefficient (Wildman–Crippen LogP) is 1.74. The first-order valence-electron chi connectivity index (χ1n) is 8.04. The standard InChI is InChI=1S/C16H21N5O2/c22-16(17-10-13-5-2-1-3-6-13)11-23-15-8-4-7-14(9-15)21-12-18-19-20-21/h4,7-9,12-13H,1-3,5-6,10-11H2,(H,17,22). The average molecular weight is 315 g/mol. The van der Waals surface area contributed by atoms with Crippen LogP contribution in [0.3, 0.4) is 0 Å². The fourth-order valence-electron chi connectivity index (χ4n) is 2.84. The van der Waals surface area contributed by atoms with E-state index in [2.05, 4.69) is 20.8 Å². The van der Waals surface area contributed by atoms with Crippen LogP contribution in [0.4, 0.5) is 0 Å². The molecule has 23 heavy (non-hydrogen) atoms. The van der Waals surface area contributed by atoms with Crippen molar-refractivity contribution in [3.63, 3.8) is 0 Å². The van der Waals surface area contributed by atoms with Crippen molar-refractivity contribution in [3.05, 3.63) is 30.6 Å². The molecule has 0 unspecified atom stereocenters. The highest BCUT2D eigenvalue weighted by atomic mass is 16.5. The van der Waals surface area contributed by atoms with Crippen LogP contribution in [0.1, 0.15) is 32.1 Å². The second-order valence-electron chi connectivity index (χ2n) is 5.85. The summed E-state index contributed by atoms with van der Waals surface area (Å²) in [6.07, 6.45) is 7.83. The van der Waals surface area contributed by atoms with E-state index < -0.39 is 0 Å². The number of hydrogen-bond donors (Lipinski definition) is 1. The highest BCUT2D eigenvalue weighted by Gasteiger charge is 2.14. The molecule has 1 saturated carbocycles. The Balaban J connectivity index is 1.46. The van der Waals surface area contributed by atoms with Crippen molar-refractivity contribution in [2.24, 2.45) is 5.92 Å². The third-order valence-corrected chi connectivity index (χ3v) is 4.11. The molecule has 122 valence electrons. The Labute approximate surface area is 135 Å². The number of carbonyl (C=O) groups excluding carboxylic acids is 1. The largest absolute Gasteiger partial charge is 0.484 e. The summed E-state index contributed by atoms with van der Waals surface area (Å²) in [4.78, 5) is 11.9. The van der Waals surface area contributed by atoms with Crippen LogP contribution in [0, 0.1) is 5.92 Å². The molecule has 1 heterocycles. The minimum atomic E-state index is -0.0802. The number of amides is 1. The lowest BCUT2D eigenvalue weighted by atomic mass is 9.89. The summed E-state index contributed by atoms with van der Waals surface area (Å²) in [5.74, 6) is 1.16. The second-order valence-corrected chi connectivity index (χ2v) is 5.85. The van der Waals surface area contributed by atoms with E-state index >= 15 is 0 Å². The van der Waals surface area contributed by atoms with Gasteiger partial charge in [-0.2, -0.15) is 0 Å². The van der Waals surface area contributed by atoms with Gasteiger partial charge < -0.3 is 10.1 Å². The number of ether oxygens (including phenoxy) is 1. The van der Waals surface area contributed by atoms with Crippen molar-refractivity contribution in [1.82, 2.24) is 25.5 Å². The first-order valence-corrected chi connectivity index (χ1v) is 8.04. The van der Waals surface area contributed by atoms with Crippen molar-refractivity contribution in [2.75, 3.05) is 13.2 Å². The number of hydrogen-bond acceptors (Lipinski definition) is 5. The average Bonchev–Trinajstić information content (AvgIpc) is 3.14. The Kier molecular flexibility index (Phi) is 5.18. The molecule has 0 saturated heterocycles. The highest BCUT2D eigenvalue weighted by Crippen LogP contribution is 2.22. The van der Waals surface area contributed by atoms with Gasteiger partial charge in [0.1, 0.15) is 12.1 Å². The van der Waals surface area contributed by atoms with Gasteiger partial charge in [0.2, 0.25) is 0 Å². The molecular weight excluding hydrogens is 294 g/mol. The first kappa shape index (κ1) is 15.5. The van der Waals surface area contributed by atoms with Crippen LogP contribution >= 0.6 is 0 Å². The Hall–Kier alpha value is -2.44. The zero-order chi connectivity index (χ0) is 15.9. The molecule has 7 heteroatoms. The zero-order valence-corrected chi connectivity index (χ0v) is 13.0. The fourth-order valence-corrected chi connectivity index (χ4v) is 2.84. The van der Waals surface area contributed by atoms with E-state index in [1.54, 1.807) is 6.07 Å². The van der Waals surface area contributed by atoms with E-state index in [4.69, 9.17) is 4.74 Å². The molecule has 1 fully saturated rings. The van der Waals surface area contributed by atoms with Gasteiger partial charge in [0, 0.05) is 12.6 Å². The number of aromatic nitrogens is 4. The Morgan fingerprint density at radius 3 is 2.96 bits per heavy atom. The summed E-state index contributed by atoms with van der Waals surface area (Å²) in [6.45, 7) is 0.776. The molecule has 0 radical (unpaired) electrons. The lowest BCUT2D eigenvalue weighted by Crippen LogP contribution is -2.33. The number of rotatable bonds is 6. The molecule has 0 bridgehead atoms. The Morgan fingerprint density at radius 1 is 1.30 bits per heavy atom. The van der Waals surface area contributed by atoms with E-state index in [-0.39, 0.29) is 12.5 Å². The SMILES string of the molecule is O=C(COc1cccc(-n2cnnn2)c1)NCC1CCCCC1. The fraction of sp³-hybridized carbons (Fsp3) is 0.500. The maximum atomic E-state index is 11.9. The maximum absolute atomic E-state index is 11.9. The van der Waals surface area contributed by atoms with Crippen LogP contribution in [0.25, 0.3) is 5.69 Å². The summed E-state index contributed by atoms with van der Waals surface area (Å²) in [5.41, 5.74) is 0.787. The lowest BCUT2D eigenvalue weighted by molar-refractivity contribution is -0.123. The molecule has 1 aromatic carbocycles. The van der Waals surface area contributed by atoms with Crippen LogP contribution in [0.5, 0.6) is 5.75 Å². The van der Waals surface area contributed by atoms with E-state index in [9.17, 15) is 4.79 Å². The van der Waals surface area contributed by atoms with Gasteiger partial charge in [-0.1, -0.05) is 25.3 Å². The molecule has 0 atom stereocenters. The van der Waals surface area contributed by atoms with Crippen molar-refractivity contribution in [3.8, 4) is 11.4 Å². The number of tetrazole rings is 1. The van der Waals surface area contributed by atoms with Crippen molar-refractivity contribution >= 4 is 5.91 Å². The number of benzene rings is 1. The number of carbonyl (C=O) groups is 1. The zero-order valence-electron chi connectivity index (χ0n) is 13.0. The first-order chi connectivity index (χ1) is 11.3. The predicted molar refractivity (Wildman–Crippen MR) is 84.2 cm³/mol. The van der Waals surface area contributed by atoms with Crippen LogP contribution < -0.4 is 10.1 Å². The molecule has 7 nitrogen and oxygen atoms in total. The van der Waals surface area contributed by atoms with E-state index in [1.165, 1.54) is 43.1 Å². The van der Waals surface area contributed by atoms with Gasteiger partial charge in [-0.3, -0.25) is 4.79 Å². The van der Waals surface area contributed by atoms with Crippen LogP contribution in [0.2, 0.25) is 0 Å². The monoisotopic (exact) mass is 315 g/mol. The third-order valence-electron chi connectivity index (χ3n) is 4.11. The summed E-state index contributed by atoms with van der Waals surface area (Å²) in [7, 11) is 0. The van der Waals surface area contributed by atoms with E-state index in [0.717, 1.165) is 12.2 Å². The van der Waals surface area contributed by atoms with Gasteiger partial charge in [0.05, 0.1) is 5.69 Å². The quantitative estimate of drug-likeness (QED) is 0.878. The van der Waals surface area contributed by atoms with Gasteiger partial charge in [-0.25, -0.2) is 4.68 Å². The minimum absolute atomic E-state index is 0.0196. The van der Waals surface area contributed by atoms with Crippen molar-refractivity contribution in [2.45, 2.75) is 32.1 Å². The summed E-state index contributed by atoms with van der Waals surface area (Å²) in [6, 6.07) is 7.31. The normalized spacial score (nSPS) is 15.3.